The first-order chi connectivity index (χ1) is 6.69. The van der Waals surface area contributed by atoms with Crippen LogP contribution in [-0.2, 0) is 0 Å². The zero-order valence-corrected chi connectivity index (χ0v) is 8.56. The van der Waals surface area contributed by atoms with Crippen LogP contribution < -0.4 is 4.74 Å². The molecule has 0 aliphatic carbocycles. The Kier molecular flexibility index (Phi) is 3.37. The lowest BCUT2D eigenvalue weighted by Gasteiger charge is -2.11. The summed E-state index contributed by atoms with van der Waals surface area (Å²) in [6.07, 6.45) is 0. The SMILES string of the molecule is COc1cc(C)ccc1[C@@H](C)N=[N+]=[N-]. The van der Waals surface area contributed by atoms with Crippen molar-refractivity contribution in [2.75, 3.05) is 7.11 Å². The molecule has 74 valence electrons. The van der Waals surface area contributed by atoms with Crippen LogP contribution in [0.1, 0.15) is 24.1 Å². The Bertz CT molecular complexity index is 370. The predicted molar refractivity (Wildman–Crippen MR) is 55.3 cm³/mol. The van der Waals surface area contributed by atoms with E-state index in [-0.39, 0.29) is 6.04 Å². The molecule has 0 bridgehead atoms. The maximum Gasteiger partial charge on any atom is 0.122 e. The van der Waals surface area contributed by atoms with Crippen molar-refractivity contribution in [1.29, 1.82) is 0 Å². The maximum absolute atomic E-state index is 8.33. The van der Waals surface area contributed by atoms with Gasteiger partial charge in [-0.15, -0.1) is 0 Å². The smallest absolute Gasteiger partial charge is 0.122 e. The number of nitrogens with zero attached hydrogens (tertiary/aromatic N) is 3. The number of azide groups is 1. The Morgan fingerprint density at radius 1 is 1.50 bits per heavy atom. The van der Waals surface area contributed by atoms with Crippen LogP contribution in [0.4, 0.5) is 0 Å². The number of methoxy groups -OCH3 is 1. The largest absolute Gasteiger partial charge is 0.496 e. The second kappa shape index (κ2) is 4.53. The molecule has 0 heterocycles. The van der Waals surface area contributed by atoms with Gasteiger partial charge in [-0.2, -0.15) is 0 Å². The average molecular weight is 191 g/mol. The lowest BCUT2D eigenvalue weighted by molar-refractivity contribution is 0.406. The topological polar surface area (TPSA) is 58.0 Å². The molecule has 0 spiro atoms. The normalized spacial score (nSPS) is 11.6. The molecule has 4 heteroatoms. The summed E-state index contributed by atoms with van der Waals surface area (Å²) in [7, 11) is 1.61. The Hall–Kier alpha value is -1.67. The zero-order valence-electron chi connectivity index (χ0n) is 8.56. The van der Waals surface area contributed by atoms with Crippen LogP contribution in [0.5, 0.6) is 5.75 Å². The van der Waals surface area contributed by atoms with E-state index in [1.54, 1.807) is 7.11 Å². The fraction of sp³-hybridized carbons (Fsp3) is 0.400. The lowest BCUT2D eigenvalue weighted by atomic mass is 10.1. The van der Waals surface area contributed by atoms with Gasteiger partial charge in [-0.05, 0) is 24.1 Å². The third-order valence-electron chi connectivity index (χ3n) is 2.06. The van der Waals surface area contributed by atoms with E-state index in [9.17, 15) is 0 Å². The van der Waals surface area contributed by atoms with Gasteiger partial charge >= 0.3 is 0 Å². The predicted octanol–water partition coefficient (Wildman–Crippen LogP) is 3.37. The summed E-state index contributed by atoms with van der Waals surface area (Å²) in [4.78, 5) is 2.78. The third kappa shape index (κ3) is 2.18. The van der Waals surface area contributed by atoms with Gasteiger partial charge in [0.05, 0.1) is 13.2 Å². The van der Waals surface area contributed by atoms with Crippen molar-refractivity contribution in [3.63, 3.8) is 0 Å². The first kappa shape index (κ1) is 10.4. The minimum absolute atomic E-state index is 0.199. The minimum atomic E-state index is -0.199. The number of rotatable bonds is 3. The summed E-state index contributed by atoms with van der Waals surface area (Å²) in [5.74, 6) is 0.768. The van der Waals surface area contributed by atoms with Crippen molar-refractivity contribution in [2.45, 2.75) is 19.9 Å². The number of aryl methyl sites for hydroxylation is 1. The number of hydrogen-bond acceptors (Lipinski definition) is 2. The molecule has 0 N–H and O–H groups in total. The zero-order chi connectivity index (χ0) is 10.6. The van der Waals surface area contributed by atoms with E-state index < -0.39 is 0 Å². The average Bonchev–Trinajstić information content (AvgIpc) is 2.17. The molecule has 0 aromatic heterocycles. The van der Waals surface area contributed by atoms with Crippen molar-refractivity contribution in [3.8, 4) is 5.75 Å². The fourth-order valence-electron chi connectivity index (χ4n) is 1.30. The molecule has 0 radical (unpaired) electrons. The molecule has 1 aromatic carbocycles. The first-order valence-electron chi connectivity index (χ1n) is 4.37. The van der Waals surface area contributed by atoms with Gasteiger partial charge in [0.2, 0.25) is 0 Å². The van der Waals surface area contributed by atoms with Crippen molar-refractivity contribution >= 4 is 0 Å². The van der Waals surface area contributed by atoms with E-state index in [4.69, 9.17) is 10.3 Å². The summed E-state index contributed by atoms with van der Waals surface area (Å²) in [6, 6.07) is 5.63. The number of hydrogen-bond donors (Lipinski definition) is 0. The summed E-state index contributed by atoms with van der Waals surface area (Å²) in [5.41, 5.74) is 10.4. The molecule has 1 aromatic rings. The van der Waals surface area contributed by atoms with Gasteiger partial charge in [-0.1, -0.05) is 24.2 Å². The van der Waals surface area contributed by atoms with Gasteiger partial charge in [0.25, 0.3) is 0 Å². The summed E-state index contributed by atoms with van der Waals surface area (Å²) in [6.45, 7) is 3.83. The molecule has 1 rings (SSSR count). The molecule has 0 aliphatic heterocycles. The summed E-state index contributed by atoms with van der Waals surface area (Å²) < 4.78 is 5.21. The molecular weight excluding hydrogens is 178 g/mol. The van der Waals surface area contributed by atoms with E-state index in [0.717, 1.165) is 16.9 Å². The van der Waals surface area contributed by atoms with E-state index in [0.29, 0.717) is 0 Å². The van der Waals surface area contributed by atoms with Crippen LogP contribution in [0, 0.1) is 6.92 Å². The number of benzene rings is 1. The molecule has 0 amide bonds. The van der Waals surface area contributed by atoms with Gasteiger partial charge in [0, 0.05) is 10.5 Å². The summed E-state index contributed by atoms with van der Waals surface area (Å²) in [5, 5.41) is 3.63. The third-order valence-corrected chi connectivity index (χ3v) is 2.06. The molecule has 4 nitrogen and oxygen atoms in total. The fourth-order valence-corrected chi connectivity index (χ4v) is 1.30. The van der Waals surface area contributed by atoms with E-state index in [1.807, 2.05) is 32.0 Å². The standard InChI is InChI=1S/C10H13N3O/c1-7-4-5-9(8(2)12-13-11)10(6-7)14-3/h4-6,8H,1-3H3/t8-/m1/s1. The monoisotopic (exact) mass is 191 g/mol. The Labute approximate surface area is 83.1 Å². The van der Waals surface area contributed by atoms with E-state index >= 15 is 0 Å². The van der Waals surface area contributed by atoms with Crippen molar-refractivity contribution in [2.24, 2.45) is 5.11 Å². The summed E-state index contributed by atoms with van der Waals surface area (Å²) >= 11 is 0. The first-order valence-corrected chi connectivity index (χ1v) is 4.37. The quantitative estimate of drug-likeness (QED) is 0.410. The lowest BCUT2D eigenvalue weighted by Crippen LogP contribution is -1.95. The molecule has 14 heavy (non-hydrogen) atoms. The van der Waals surface area contributed by atoms with Crippen molar-refractivity contribution in [1.82, 2.24) is 0 Å². The molecule has 0 aliphatic rings. The molecule has 0 saturated carbocycles. The van der Waals surface area contributed by atoms with Gasteiger partial charge in [-0.25, -0.2) is 0 Å². The van der Waals surface area contributed by atoms with Crippen LogP contribution in [-0.4, -0.2) is 7.11 Å². The van der Waals surface area contributed by atoms with Gasteiger partial charge in [-0.3, -0.25) is 0 Å². The number of ether oxygens (including phenoxy) is 1. The van der Waals surface area contributed by atoms with Crippen LogP contribution in [0.3, 0.4) is 0 Å². The highest BCUT2D eigenvalue weighted by Crippen LogP contribution is 2.28. The van der Waals surface area contributed by atoms with Crippen LogP contribution in [0.15, 0.2) is 23.3 Å². The minimum Gasteiger partial charge on any atom is -0.496 e. The highest BCUT2D eigenvalue weighted by atomic mass is 16.5. The van der Waals surface area contributed by atoms with Gasteiger partial charge in [0.15, 0.2) is 0 Å². The molecule has 1 atom stereocenters. The van der Waals surface area contributed by atoms with Gasteiger partial charge < -0.3 is 4.74 Å². The Balaban J connectivity index is 3.13. The van der Waals surface area contributed by atoms with Gasteiger partial charge in [0.1, 0.15) is 5.75 Å². The maximum atomic E-state index is 8.33. The molecule has 0 fully saturated rings. The molecular formula is C10H13N3O. The second-order valence-corrected chi connectivity index (χ2v) is 3.13. The Morgan fingerprint density at radius 2 is 2.21 bits per heavy atom. The van der Waals surface area contributed by atoms with Crippen molar-refractivity contribution in [3.05, 3.63) is 39.8 Å². The highest BCUT2D eigenvalue weighted by molar-refractivity contribution is 5.39. The van der Waals surface area contributed by atoms with Crippen LogP contribution in [0.25, 0.3) is 10.4 Å². The van der Waals surface area contributed by atoms with Crippen LogP contribution >= 0.6 is 0 Å². The molecule has 0 saturated heterocycles. The van der Waals surface area contributed by atoms with E-state index in [2.05, 4.69) is 10.0 Å². The Morgan fingerprint density at radius 3 is 2.79 bits per heavy atom. The second-order valence-electron chi connectivity index (χ2n) is 3.13. The van der Waals surface area contributed by atoms with Crippen LogP contribution in [0.2, 0.25) is 0 Å². The molecule has 0 unspecified atom stereocenters. The van der Waals surface area contributed by atoms with E-state index in [1.165, 1.54) is 0 Å². The van der Waals surface area contributed by atoms with Crippen molar-refractivity contribution < 1.29 is 4.74 Å². The highest BCUT2D eigenvalue weighted by Gasteiger charge is 2.09.